The summed E-state index contributed by atoms with van der Waals surface area (Å²) in [6, 6.07) is -0.908. The molecule has 0 rings (SSSR count). The van der Waals surface area contributed by atoms with E-state index < -0.39 is 26.6 Å². The summed E-state index contributed by atoms with van der Waals surface area (Å²) in [5, 5.41) is 3.01. The van der Waals surface area contributed by atoms with Crippen molar-refractivity contribution in [3.63, 3.8) is 0 Å². The van der Waals surface area contributed by atoms with E-state index in [4.69, 9.17) is 13.8 Å². The molecular formula is C62H111N2O7P. The summed E-state index contributed by atoms with van der Waals surface area (Å²) in [6.07, 6.45) is 66.8. The first kappa shape index (κ1) is 69.2. The lowest BCUT2D eigenvalue weighted by molar-refractivity contribution is -0.870. The molecule has 0 bridgehead atoms. The van der Waals surface area contributed by atoms with Crippen molar-refractivity contribution in [2.45, 2.75) is 258 Å². The van der Waals surface area contributed by atoms with E-state index in [1.807, 2.05) is 94.1 Å². The van der Waals surface area contributed by atoms with Gasteiger partial charge in [-0.05, 0) is 51.0 Å². The van der Waals surface area contributed by atoms with Crippen LogP contribution in [0.2, 0.25) is 0 Å². The molecule has 0 heterocycles. The van der Waals surface area contributed by atoms with Crippen LogP contribution >= 0.6 is 7.82 Å². The van der Waals surface area contributed by atoms with E-state index in [1.165, 1.54) is 141 Å². The molecule has 0 saturated heterocycles. The Balaban J connectivity index is 5.44. The van der Waals surface area contributed by atoms with Crippen molar-refractivity contribution < 1.29 is 37.3 Å². The average molecular weight is 1030 g/mol. The number of carbonyl (C=O) groups is 2. The smallest absolute Gasteiger partial charge is 0.306 e. The fraction of sp³-hybridized carbons (Fsp3) is 0.742. The monoisotopic (exact) mass is 1030 g/mol. The zero-order valence-electron chi connectivity index (χ0n) is 47.4. The number of amides is 1. The standard InChI is InChI=1S/C62H111N2O7P/c1-7-10-13-16-19-22-25-28-30-32-34-37-40-43-46-49-52-55-62(66)71-60(53-50-47-44-41-38-35-27-24-21-18-15-12-9-3)59(58-70-72(67,68)69-57-56-64(4,5)6)63-61(65)54-51-48-45-42-39-36-33-31-29-26-23-20-17-14-11-8-2/h10,13,16,19,22,25,28,30,32,34,37,40,50,53,59-60H,7-9,11-12,14-15,17-18,20-21,23-24,26-27,29,31,33,35-36,38-39,41-49,51-52,54-58H2,1-6H3,(H-,63,65,67,68)/b13-10-,19-16+,25-22+,30-28-,34-32+,40-37+,53-50+. The summed E-state index contributed by atoms with van der Waals surface area (Å²) in [5.41, 5.74) is 0. The van der Waals surface area contributed by atoms with Crippen LogP contribution in [0.3, 0.4) is 0 Å². The van der Waals surface area contributed by atoms with Crippen LogP contribution in [0.4, 0.5) is 0 Å². The number of esters is 1. The molecule has 10 heteroatoms. The maximum Gasteiger partial charge on any atom is 0.306 e. The number of hydrogen-bond acceptors (Lipinski definition) is 7. The van der Waals surface area contributed by atoms with Crippen LogP contribution < -0.4 is 10.2 Å². The Morgan fingerprint density at radius 3 is 1.35 bits per heavy atom. The lowest BCUT2D eigenvalue weighted by atomic mass is 10.0. The fourth-order valence-corrected chi connectivity index (χ4v) is 8.92. The molecule has 0 saturated carbocycles. The molecule has 0 radical (unpaired) electrons. The molecule has 0 aliphatic heterocycles. The summed E-state index contributed by atoms with van der Waals surface area (Å²) in [7, 11) is 1.15. The van der Waals surface area contributed by atoms with Gasteiger partial charge in [-0.25, -0.2) is 0 Å². The normalized spacial score (nSPS) is 14.4. The highest BCUT2D eigenvalue weighted by Crippen LogP contribution is 2.38. The van der Waals surface area contributed by atoms with Crippen molar-refractivity contribution in [2.24, 2.45) is 0 Å². The van der Waals surface area contributed by atoms with Crippen molar-refractivity contribution in [3.05, 3.63) is 85.1 Å². The van der Waals surface area contributed by atoms with Gasteiger partial charge in [0.2, 0.25) is 5.91 Å². The number of nitrogens with one attached hydrogen (secondary N) is 1. The third-order valence-corrected chi connectivity index (χ3v) is 13.7. The second kappa shape index (κ2) is 51.7. The summed E-state index contributed by atoms with van der Waals surface area (Å²) < 4.78 is 30.2. The minimum Gasteiger partial charge on any atom is -0.756 e. The second-order valence-electron chi connectivity index (χ2n) is 20.9. The van der Waals surface area contributed by atoms with Gasteiger partial charge in [-0.15, -0.1) is 0 Å². The Labute approximate surface area is 444 Å². The molecule has 416 valence electrons. The number of quaternary nitrogens is 1. The summed E-state index contributed by atoms with van der Waals surface area (Å²) >= 11 is 0. The predicted octanol–water partition coefficient (Wildman–Crippen LogP) is 17.2. The van der Waals surface area contributed by atoms with Gasteiger partial charge in [0.05, 0.1) is 33.8 Å². The van der Waals surface area contributed by atoms with Crippen LogP contribution in [0.25, 0.3) is 0 Å². The van der Waals surface area contributed by atoms with Crippen LogP contribution in [0.5, 0.6) is 0 Å². The zero-order valence-corrected chi connectivity index (χ0v) is 48.3. The number of likely N-dealkylation sites (N-methyl/N-ethyl adjacent to an activating group) is 1. The van der Waals surface area contributed by atoms with Crippen molar-refractivity contribution in [1.29, 1.82) is 0 Å². The molecule has 1 N–H and O–H groups in total. The number of rotatable bonds is 52. The Morgan fingerprint density at radius 1 is 0.500 bits per heavy atom. The van der Waals surface area contributed by atoms with E-state index in [0.717, 1.165) is 64.2 Å². The van der Waals surface area contributed by atoms with Crippen LogP contribution in [0.1, 0.15) is 245 Å². The number of unbranched alkanes of at least 4 members (excludes halogenated alkanes) is 29. The molecule has 0 aromatic heterocycles. The molecule has 0 aromatic carbocycles. The molecule has 0 fully saturated rings. The van der Waals surface area contributed by atoms with Gasteiger partial charge in [0.1, 0.15) is 19.3 Å². The van der Waals surface area contributed by atoms with E-state index in [-0.39, 0.29) is 24.9 Å². The van der Waals surface area contributed by atoms with E-state index in [2.05, 4.69) is 38.2 Å². The topological polar surface area (TPSA) is 114 Å². The van der Waals surface area contributed by atoms with Crippen LogP contribution in [0.15, 0.2) is 85.1 Å². The van der Waals surface area contributed by atoms with Crippen molar-refractivity contribution >= 4 is 19.7 Å². The quantitative estimate of drug-likeness (QED) is 0.0161. The number of carbonyl (C=O) groups excluding carboxylic acids is 2. The van der Waals surface area contributed by atoms with Gasteiger partial charge in [-0.1, -0.05) is 267 Å². The van der Waals surface area contributed by atoms with Gasteiger partial charge >= 0.3 is 5.97 Å². The molecule has 9 nitrogen and oxygen atoms in total. The van der Waals surface area contributed by atoms with Crippen molar-refractivity contribution in [3.8, 4) is 0 Å². The maximum absolute atomic E-state index is 13.5. The molecular weight excluding hydrogens is 916 g/mol. The van der Waals surface area contributed by atoms with Gasteiger partial charge in [0, 0.05) is 12.8 Å². The van der Waals surface area contributed by atoms with Gasteiger partial charge in [0.25, 0.3) is 7.82 Å². The molecule has 0 aromatic rings. The zero-order chi connectivity index (χ0) is 52.9. The number of nitrogens with zero attached hydrogens (tertiary/aromatic N) is 1. The molecule has 3 atom stereocenters. The SMILES string of the molecule is CC\C=C/C=C/C=C/C=C\C=C\C=C\CCCCCC(=O)OC(/C=C/CCCCCCCCCCCCC)C(COP(=O)([O-])OCC[N+](C)(C)C)NC(=O)CCCCCCCCCCCCCCCCCC. The third kappa shape index (κ3) is 52.1. The van der Waals surface area contributed by atoms with E-state index >= 15 is 0 Å². The number of phosphoric ester groups is 1. The van der Waals surface area contributed by atoms with Crippen LogP contribution in [-0.4, -0.2) is 69.4 Å². The highest BCUT2D eigenvalue weighted by Gasteiger charge is 2.27. The summed E-state index contributed by atoms with van der Waals surface area (Å²) in [4.78, 5) is 39.9. The molecule has 0 aliphatic rings. The largest absolute Gasteiger partial charge is 0.756 e. The predicted molar refractivity (Wildman–Crippen MR) is 307 cm³/mol. The maximum atomic E-state index is 13.5. The average Bonchev–Trinajstić information content (AvgIpc) is 3.34. The van der Waals surface area contributed by atoms with E-state index in [9.17, 15) is 19.0 Å². The first-order valence-corrected chi connectivity index (χ1v) is 30.9. The fourth-order valence-electron chi connectivity index (χ4n) is 8.20. The second-order valence-corrected chi connectivity index (χ2v) is 22.3. The van der Waals surface area contributed by atoms with E-state index in [0.29, 0.717) is 23.9 Å². The molecule has 0 spiro atoms. The van der Waals surface area contributed by atoms with Gasteiger partial charge < -0.3 is 28.5 Å². The minimum absolute atomic E-state index is 0.0323. The van der Waals surface area contributed by atoms with E-state index in [1.54, 1.807) is 0 Å². The Hall–Kier alpha value is -2.81. The van der Waals surface area contributed by atoms with Crippen LogP contribution in [-0.2, 0) is 27.9 Å². The summed E-state index contributed by atoms with van der Waals surface area (Å²) in [5.74, 6) is -0.590. The molecule has 3 unspecified atom stereocenters. The number of ether oxygens (including phenoxy) is 1. The Morgan fingerprint density at radius 2 is 0.889 bits per heavy atom. The Bertz CT molecular complexity index is 1510. The number of phosphoric acid groups is 1. The van der Waals surface area contributed by atoms with Gasteiger partial charge in [-0.3, -0.25) is 14.2 Å². The first-order valence-electron chi connectivity index (χ1n) is 29.5. The van der Waals surface area contributed by atoms with Gasteiger partial charge in [-0.2, -0.15) is 0 Å². The molecule has 72 heavy (non-hydrogen) atoms. The number of allylic oxidation sites excluding steroid dienone is 13. The Kier molecular flexibility index (Phi) is 49.6. The van der Waals surface area contributed by atoms with Crippen LogP contribution in [0, 0.1) is 0 Å². The first-order chi connectivity index (χ1) is 34.9. The van der Waals surface area contributed by atoms with Gasteiger partial charge in [0.15, 0.2) is 0 Å². The highest BCUT2D eigenvalue weighted by atomic mass is 31.2. The molecule has 1 amide bonds. The molecule has 0 aliphatic carbocycles. The van der Waals surface area contributed by atoms with Crippen molar-refractivity contribution in [1.82, 2.24) is 5.32 Å². The lowest BCUT2D eigenvalue weighted by Crippen LogP contribution is -2.47. The minimum atomic E-state index is -4.71. The number of hydrogen-bond donors (Lipinski definition) is 1. The highest BCUT2D eigenvalue weighted by molar-refractivity contribution is 7.45. The third-order valence-electron chi connectivity index (χ3n) is 12.8. The summed E-state index contributed by atoms with van der Waals surface area (Å²) in [6.45, 7) is 6.67. The lowest BCUT2D eigenvalue weighted by Gasteiger charge is -2.30. The van der Waals surface area contributed by atoms with Crippen molar-refractivity contribution in [2.75, 3.05) is 40.9 Å².